The van der Waals surface area contributed by atoms with E-state index in [1.165, 1.54) is 5.56 Å². The maximum Gasteiger partial charge on any atom is 0.191 e. The van der Waals surface area contributed by atoms with Crippen LogP contribution in [0.1, 0.15) is 16.7 Å². The Labute approximate surface area is 184 Å². The van der Waals surface area contributed by atoms with Gasteiger partial charge in [0.05, 0.1) is 27.4 Å². The molecule has 0 aliphatic carbocycles. The minimum atomic E-state index is 0. The molecular weight excluding hydrogens is 469 g/mol. The van der Waals surface area contributed by atoms with Crippen LogP contribution in [0, 0.1) is 6.92 Å². The molecule has 0 aliphatic rings. The van der Waals surface area contributed by atoms with Gasteiger partial charge in [0, 0.05) is 25.7 Å². The van der Waals surface area contributed by atoms with Crippen LogP contribution in [0.3, 0.4) is 0 Å². The Balaban J connectivity index is 0.00000392. The van der Waals surface area contributed by atoms with Crippen LogP contribution >= 0.6 is 24.0 Å². The summed E-state index contributed by atoms with van der Waals surface area (Å²) in [6, 6.07) is 14.0. The molecule has 0 saturated carbocycles. The van der Waals surface area contributed by atoms with Gasteiger partial charge < -0.3 is 24.8 Å². The summed E-state index contributed by atoms with van der Waals surface area (Å²) in [7, 11) is 5.10. The molecule has 2 aromatic rings. The van der Waals surface area contributed by atoms with Crippen LogP contribution in [0.15, 0.2) is 47.5 Å². The predicted octanol–water partition coefficient (Wildman–Crippen LogP) is 3.51. The third-order valence-electron chi connectivity index (χ3n) is 4.05. The lowest BCUT2D eigenvalue weighted by Crippen LogP contribution is -2.38. The summed E-state index contributed by atoms with van der Waals surface area (Å²) in [6.45, 7) is 4.46. The van der Waals surface area contributed by atoms with Crippen molar-refractivity contribution in [3.63, 3.8) is 0 Å². The first-order valence-electron chi connectivity index (χ1n) is 8.95. The molecule has 154 valence electrons. The van der Waals surface area contributed by atoms with Gasteiger partial charge in [0.2, 0.25) is 0 Å². The van der Waals surface area contributed by atoms with Crippen LogP contribution < -0.4 is 20.1 Å². The van der Waals surface area contributed by atoms with Gasteiger partial charge >= 0.3 is 0 Å². The standard InChI is InChI=1S/C21H29N3O3.HI/c1-16-8-9-18(20(12-16)26-4)14-24-21(22-2)23-10-11-27-15-17-6-5-7-19(13-17)25-3;/h5-9,12-13H,10-11,14-15H2,1-4H3,(H2,22,23,24);1H. The summed E-state index contributed by atoms with van der Waals surface area (Å²) in [5, 5.41) is 6.54. The number of rotatable bonds is 9. The molecule has 2 aromatic carbocycles. The van der Waals surface area contributed by atoms with Crippen molar-refractivity contribution in [2.75, 3.05) is 34.4 Å². The number of halogens is 1. The quantitative estimate of drug-likeness (QED) is 0.239. The van der Waals surface area contributed by atoms with E-state index in [0.29, 0.717) is 26.3 Å². The number of nitrogens with zero attached hydrogens (tertiary/aromatic N) is 1. The Morgan fingerprint density at radius 3 is 2.57 bits per heavy atom. The molecule has 0 spiro atoms. The van der Waals surface area contributed by atoms with Gasteiger partial charge in [-0.2, -0.15) is 0 Å². The average Bonchev–Trinajstić information content (AvgIpc) is 2.70. The van der Waals surface area contributed by atoms with E-state index in [1.54, 1.807) is 21.3 Å². The molecule has 0 amide bonds. The van der Waals surface area contributed by atoms with Gasteiger partial charge in [-0.25, -0.2) is 0 Å². The van der Waals surface area contributed by atoms with E-state index < -0.39 is 0 Å². The summed E-state index contributed by atoms with van der Waals surface area (Å²) in [5.41, 5.74) is 3.34. The van der Waals surface area contributed by atoms with Crippen LogP contribution in [0.25, 0.3) is 0 Å². The monoisotopic (exact) mass is 499 g/mol. The molecule has 2 rings (SSSR count). The smallest absolute Gasteiger partial charge is 0.191 e. The van der Waals surface area contributed by atoms with Gasteiger partial charge in [-0.15, -0.1) is 24.0 Å². The lowest BCUT2D eigenvalue weighted by atomic mass is 10.1. The lowest BCUT2D eigenvalue weighted by Gasteiger charge is -2.14. The SMILES string of the molecule is CN=C(NCCOCc1cccc(OC)c1)NCc1ccc(C)cc1OC.I. The number of aryl methyl sites for hydroxylation is 1. The number of benzene rings is 2. The van der Waals surface area contributed by atoms with Crippen molar-refractivity contribution in [2.45, 2.75) is 20.1 Å². The van der Waals surface area contributed by atoms with Crippen LogP contribution in [-0.2, 0) is 17.9 Å². The third kappa shape index (κ3) is 7.93. The number of hydrogen-bond acceptors (Lipinski definition) is 4. The van der Waals surface area contributed by atoms with Crippen LogP contribution in [-0.4, -0.2) is 40.4 Å². The largest absolute Gasteiger partial charge is 0.497 e. The average molecular weight is 499 g/mol. The van der Waals surface area contributed by atoms with Crippen molar-refractivity contribution in [1.82, 2.24) is 10.6 Å². The number of ether oxygens (including phenoxy) is 3. The molecule has 0 atom stereocenters. The summed E-state index contributed by atoms with van der Waals surface area (Å²) in [4.78, 5) is 4.24. The number of hydrogen-bond donors (Lipinski definition) is 2. The second kappa shape index (κ2) is 13.2. The highest BCUT2D eigenvalue weighted by Gasteiger charge is 2.04. The molecule has 7 heteroatoms. The first-order valence-corrected chi connectivity index (χ1v) is 8.95. The van der Waals surface area contributed by atoms with E-state index in [4.69, 9.17) is 14.2 Å². The molecule has 0 fully saturated rings. The lowest BCUT2D eigenvalue weighted by molar-refractivity contribution is 0.125. The number of guanidine groups is 1. The molecule has 6 nitrogen and oxygen atoms in total. The molecule has 2 N–H and O–H groups in total. The Morgan fingerprint density at radius 1 is 1.04 bits per heavy atom. The number of aliphatic imine (C=N–C) groups is 1. The van der Waals surface area contributed by atoms with E-state index in [9.17, 15) is 0 Å². The summed E-state index contributed by atoms with van der Waals surface area (Å²) in [6.07, 6.45) is 0. The first kappa shape index (κ1) is 24.0. The van der Waals surface area contributed by atoms with Crippen molar-refractivity contribution >= 4 is 29.9 Å². The normalized spacial score (nSPS) is 10.8. The summed E-state index contributed by atoms with van der Waals surface area (Å²) < 4.78 is 16.4. The topological polar surface area (TPSA) is 64.1 Å². The fourth-order valence-electron chi connectivity index (χ4n) is 2.59. The molecular formula is C21H30IN3O3. The molecule has 0 aromatic heterocycles. The van der Waals surface area contributed by atoms with Gasteiger partial charge in [0.1, 0.15) is 11.5 Å². The molecule has 0 radical (unpaired) electrons. The van der Waals surface area contributed by atoms with Crippen molar-refractivity contribution in [3.8, 4) is 11.5 Å². The van der Waals surface area contributed by atoms with Crippen LogP contribution in [0.5, 0.6) is 11.5 Å². The Morgan fingerprint density at radius 2 is 1.86 bits per heavy atom. The zero-order chi connectivity index (χ0) is 19.5. The summed E-state index contributed by atoms with van der Waals surface area (Å²) >= 11 is 0. The van der Waals surface area contributed by atoms with Crippen molar-refractivity contribution in [2.24, 2.45) is 4.99 Å². The molecule has 28 heavy (non-hydrogen) atoms. The van der Waals surface area contributed by atoms with E-state index >= 15 is 0 Å². The second-order valence-electron chi connectivity index (χ2n) is 6.07. The minimum absolute atomic E-state index is 0. The van der Waals surface area contributed by atoms with Gasteiger partial charge in [-0.05, 0) is 36.2 Å². The van der Waals surface area contributed by atoms with Gasteiger partial charge in [0.25, 0.3) is 0 Å². The third-order valence-corrected chi connectivity index (χ3v) is 4.05. The Kier molecular flexibility index (Phi) is 11.4. The first-order chi connectivity index (χ1) is 13.2. The van der Waals surface area contributed by atoms with E-state index in [-0.39, 0.29) is 24.0 Å². The second-order valence-corrected chi connectivity index (χ2v) is 6.07. The Bertz CT molecular complexity index is 753. The zero-order valence-electron chi connectivity index (χ0n) is 17.0. The van der Waals surface area contributed by atoms with E-state index in [1.807, 2.05) is 37.3 Å². The van der Waals surface area contributed by atoms with Crippen molar-refractivity contribution in [1.29, 1.82) is 0 Å². The Hall–Kier alpha value is -2.00. The zero-order valence-corrected chi connectivity index (χ0v) is 19.3. The fraction of sp³-hybridized carbons (Fsp3) is 0.381. The highest BCUT2D eigenvalue weighted by Crippen LogP contribution is 2.19. The maximum absolute atomic E-state index is 5.71. The van der Waals surface area contributed by atoms with Crippen LogP contribution in [0.4, 0.5) is 0 Å². The van der Waals surface area contributed by atoms with Crippen molar-refractivity contribution in [3.05, 3.63) is 59.2 Å². The summed E-state index contributed by atoms with van der Waals surface area (Å²) in [5.74, 6) is 2.44. The molecule has 0 bridgehead atoms. The predicted molar refractivity (Wildman–Crippen MR) is 124 cm³/mol. The molecule has 0 heterocycles. The minimum Gasteiger partial charge on any atom is -0.497 e. The highest BCUT2D eigenvalue weighted by atomic mass is 127. The highest BCUT2D eigenvalue weighted by molar-refractivity contribution is 14.0. The van der Waals surface area contributed by atoms with E-state index in [0.717, 1.165) is 28.6 Å². The van der Waals surface area contributed by atoms with Gasteiger partial charge in [0.15, 0.2) is 5.96 Å². The van der Waals surface area contributed by atoms with Crippen molar-refractivity contribution < 1.29 is 14.2 Å². The molecule has 0 saturated heterocycles. The van der Waals surface area contributed by atoms with Gasteiger partial charge in [-0.1, -0.05) is 24.3 Å². The molecule has 0 aliphatic heterocycles. The number of methoxy groups -OCH3 is 2. The maximum atomic E-state index is 5.71. The number of nitrogens with one attached hydrogen (secondary N) is 2. The van der Waals surface area contributed by atoms with Crippen LogP contribution in [0.2, 0.25) is 0 Å². The molecule has 0 unspecified atom stereocenters. The fourth-order valence-corrected chi connectivity index (χ4v) is 2.59. The van der Waals surface area contributed by atoms with Gasteiger partial charge in [-0.3, -0.25) is 4.99 Å². The van der Waals surface area contributed by atoms with E-state index in [2.05, 4.69) is 27.8 Å².